The van der Waals surface area contributed by atoms with Crippen LogP contribution in [0.2, 0.25) is 0 Å². The quantitative estimate of drug-likeness (QED) is 0.728. The Kier molecular flexibility index (Phi) is 3.64. The predicted molar refractivity (Wildman–Crippen MR) is 51.7 cm³/mol. The number of rotatable bonds is 5. The molecule has 3 nitrogen and oxygen atoms in total. The Morgan fingerprint density at radius 3 is 2.69 bits per heavy atom. The molecule has 0 aromatic carbocycles. The fourth-order valence-corrected chi connectivity index (χ4v) is 1.68. The van der Waals surface area contributed by atoms with Crippen molar-refractivity contribution in [1.82, 2.24) is 0 Å². The molecule has 1 rings (SSSR count). The van der Waals surface area contributed by atoms with E-state index < -0.39 is 0 Å². The normalized spacial score (nSPS) is 9.85. The maximum absolute atomic E-state index is 11.3. The summed E-state index contributed by atoms with van der Waals surface area (Å²) in [4.78, 5) is 22.5. The molecule has 4 heteroatoms. The van der Waals surface area contributed by atoms with Crippen molar-refractivity contribution in [1.29, 1.82) is 0 Å². The van der Waals surface area contributed by atoms with Gasteiger partial charge in [-0.15, -0.1) is 11.3 Å². The number of nitrogens with two attached hydrogens (primary N) is 1. The molecule has 0 aliphatic rings. The third kappa shape index (κ3) is 3.38. The summed E-state index contributed by atoms with van der Waals surface area (Å²) in [6.07, 6.45) is 1.24. The van der Waals surface area contributed by atoms with E-state index in [4.69, 9.17) is 5.73 Å². The Hall–Kier alpha value is -1.16. The summed E-state index contributed by atoms with van der Waals surface area (Å²) in [5.74, 6) is -0.254. The molecule has 0 saturated carbocycles. The van der Waals surface area contributed by atoms with Gasteiger partial charge in [0.25, 0.3) is 0 Å². The Bertz CT molecular complexity index is 293. The largest absolute Gasteiger partial charge is 0.370 e. The topological polar surface area (TPSA) is 60.2 Å². The van der Waals surface area contributed by atoms with E-state index in [0.29, 0.717) is 12.8 Å². The second kappa shape index (κ2) is 4.77. The number of amides is 1. The molecule has 0 bridgehead atoms. The van der Waals surface area contributed by atoms with Crippen LogP contribution in [0.5, 0.6) is 0 Å². The molecule has 0 aliphatic heterocycles. The van der Waals surface area contributed by atoms with Gasteiger partial charge in [0.05, 0.1) is 4.88 Å². The number of thiophene rings is 1. The summed E-state index contributed by atoms with van der Waals surface area (Å²) in [6, 6.07) is 3.63. The highest BCUT2D eigenvalue weighted by atomic mass is 32.1. The predicted octanol–water partition coefficient (Wildman–Crippen LogP) is 1.59. The Morgan fingerprint density at radius 2 is 2.15 bits per heavy atom. The van der Waals surface area contributed by atoms with Gasteiger partial charge >= 0.3 is 0 Å². The van der Waals surface area contributed by atoms with E-state index in [2.05, 4.69) is 0 Å². The van der Waals surface area contributed by atoms with Crippen LogP contribution in [0.3, 0.4) is 0 Å². The fraction of sp³-hybridized carbons (Fsp3) is 0.333. The van der Waals surface area contributed by atoms with E-state index in [1.807, 2.05) is 11.4 Å². The van der Waals surface area contributed by atoms with E-state index in [0.717, 1.165) is 4.88 Å². The van der Waals surface area contributed by atoms with Crippen molar-refractivity contribution in [2.75, 3.05) is 0 Å². The van der Waals surface area contributed by atoms with Gasteiger partial charge in [-0.05, 0) is 17.9 Å². The highest BCUT2D eigenvalue weighted by Crippen LogP contribution is 2.12. The minimum Gasteiger partial charge on any atom is -0.370 e. The monoisotopic (exact) mass is 197 g/mol. The van der Waals surface area contributed by atoms with Gasteiger partial charge in [0.1, 0.15) is 0 Å². The third-order valence-corrected chi connectivity index (χ3v) is 2.53. The van der Waals surface area contributed by atoms with Gasteiger partial charge in [-0.25, -0.2) is 0 Å². The summed E-state index contributed by atoms with van der Waals surface area (Å²) in [5, 5.41) is 1.86. The molecule has 0 spiro atoms. The molecule has 1 aromatic heterocycles. The van der Waals surface area contributed by atoms with Crippen molar-refractivity contribution < 1.29 is 9.59 Å². The number of ketones is 1. The van der Waals surface area contributed by atoms with Gasteiger partial charge in [-0.2, -0.15) is 0 Å². The number of carbonyl (C=O) groups excluding carboxylic acids is 2. The van der Waals surface area contributed by atoms with E-state index in [9.17, 15) is 9.59 Å². The highest BCUT2D eigenvalue weighted by Gasteiger charge is 2.06. The number of carbonyl (C=O) groups is 2. The van der Waals surface area contributed by atoms with Crippen molar-refractivity contribution in [2.45, 2.75) is 19.3 Å². The molecule has 0 saturated heterocycles. The second-order valence-electron chi connectivity index (χ2n) is 2.72. The minimum absolute atomic E-state index is 0.0938. The first-order valence-electron chi connectivity index (χ1n) is 4.05. The summed E-state index contributed by atoms with van der Waals surface area (Å²) in [6.45, 7) is 0. The lowest BCUT2D eigenvalue weighted by molar-refractivity contribution is -0.118. The van der Waals surface area contributed by atoms with Crippen LogP contribution in [0.15, 0.2) is 17.5 Å². The fourth-order valence-electron chi connectivity index (χ4n) is 0.984. The molecule has 0 atom stereocenters. The summed E-state index contributed by atoms with van der Waals surface area (Å²) in [7, 11) is 0. The van der Waals surface area contributed by atoms with E-state index in [1.165, 1.54) is 11.3 Å². The molecule has 1 aromatic rings. The maximum atomic E-state index is 11.3. The molecular weight excluding hydrogens is 186 g/mol. The lowest BCUT2D eigenvalue weighted by Crippen LogP contribution is -2.10. The summed E-state index contributed by atoms with van der Waals surface area (Å²) >= 11 is 1.42. The zero-order valence-electron chi connectivity index (χ0n) is 7.16. The van der Waals surface area contributed by atoms with Gasteiger partial charge in [0, 0.05) is 12.8 Å². The first-order valence-corrected chi connectivity index (χ1v) is 4.93. The maximum Gasteiger partial charge on any atom is 0.217 e. The van der Waals surface area contributed by atoms with Crippen LogP contribution in [0.25, 0.3) is 0 Å². The van der Waals surface area contributed by atoms with Crippen molar-refractivity contribution in [3.05, 3.63) is 22.4 Å². The van der Waals surface area contributed by atoms with Gasteiger partial charge in [0.15, 0.2) is 5.78 Å². The molecule has 0 unspecified atom stereocenters. The average molecular weight is 197 g/mol. The van der Waals surface area contributed by atoms with E-state index >= 15 is 0 Å². The molecule has 1 heterocycles. The number of hydrogen-bond donors (Lipinski definition) is 1. The molecule has 1 amide bonds. The van der Waals surface area contributed by atoms with Crippen molar-refractivity contribution >= 4 is 23.0 Å². The van der Waals surface area contributed by atoms with Gasteiger partial charge in [-0.1, -0.05) is 6.07 Å². The van der Waals surface area contributed by atoms with Crippen LogP contribution < -0.4 is 5.73 Å². The first kappa shape index (κ1) is 9.92. The van der Waals surface area contributed by atoms with Crippen molar-refractivity contribution in [2.24, 2.45) is 5.73 Å². The number of primary amides is 1. The summed E-state index contributed by atoms with van der Waals surface area (Å²) < 4.78 is 0. The lowest BCUT2D eigenvalue weighted by Gasteiger charge is -1.95. The Balaban J connectivity index is 2.31. The van der Waals surface area contributed by atoms with Crippen LogP contribution in [0.1, 0.15) is 28.9 Å². The van der Waals surface area contributed by atoms with Crippen LogP contribution in [0, 0.1) is 0 Å². The number of Topliss-reactive ketones (excluding diaryl/α,β-unsaturated/α-hetero) is 1. The third-order valence-electron chi connectivity index (χ3n) is 1.62. The molecule has 0 radical (unpaired) electrons. The van der Waals surface area contributed by atoms with Gasteiger partial charge in [0.2, 0.25) is 5.91 Å². The second-order valence-corrected chi connectivity index (χ2v) is 3.67. The zero-order valence-corrected chi connectivity index (χ0v) is 7.97. The van der Waals surface area contributed by atoms with Crippen LogP contribution in [0.4, 0.5) is 0 Å². The van der Waals surface area contributed by atoms with Crippen molar-refractivity contribution in [3.63, 3.8) is 0 Å². The smallest absolute Gasteiger partial charge is 0.217 e. The highest BCUT2D eigenvalue weighted by molar-refractivity contribution is 7.12. The molecule has 0 fully saturated rings. The molecular formula is C9H11NO2S. The SMILES string of the molecule is NC(=O)CCCC(=O)c1cccs1. The molecule has 70 valence electrons. The standard InChI is InChI=1S/C9H11NO2S/c10-9(12)5-1-3-7(11)8-4-2-6-13-8/h2,4,6H,1,3,5H2,(H2,10,12). The van der Waals surface area contributed by atoms with Gasteiger partial charge < -0.3 is 5.73 Å². The zero-order chi connectivity index (χ0) is 9.68. The lowest BCUT2D eigenvalue weighted by atomic mass is 10.1. The average Bonchev–Trinajstić information content (AvgIpc) is 2.55. The molecule has 0 aliphatic carbocycles. The van der Waals surface area contributed by atoms with E-state index in [-0.39, 0.29) is 18.1 Å². The molecule has 13 heavy (non-hydrogen) atoms. The van der Waals surface area contributed by atoms with Crippen LogP contribution in [-0.2, 0) is 4.79 Å². The van der Waals surface area contributed by atoms with Crippen molar-refractivity contribution in [3.8, 4) is 0 Å². The minimum atomic E-state index is -0.348. The van der Waals surface area contributed by atoms with E-state index in [1.54, 1.807) is 6.07 Å². The number of hydrogen-bond acceptors (Lipinski definition) is 3. The summed E-state index contributed by atoms with van der Waals surface area (Å²) in [5.41, 5.74) is 4.95. The van der Waals surface area contributed by atoms with Crippen LogP contribution >= 0.6 is 11.3 Å². The first-order chi connectivity index (χ1) is 6.20. The van der Waals surface area contributed by atoms with Gasteiger partial charge in [-0.3, -0.25) is 9.59 Å². The van der Waals surface area contributed by atoms with Crippen LogP contribution in [-0.4, -0.2) is 11.7 Å². The Morgan fingerprint density at radius 1 is 1.38 bits per heavy atom. The Labute approximate surface area is 80.6 Å². The molecule has 2 N–H and O–H groups in total.